The van der Waals surface area contributed by atoms with Gasteiger partial charge < -0.3 is 15.1 Å². The van der Waals surface area contributed by atoms with E-state index in [-0.39, 0.29) is 23.8 Å². The number of anilines is 2. The van der Waals surface area contributed by atoms with E-state index in [1.807, 2.05) is 42.5 Å². The van der Waals surface area contributed by atoms with Gasteiger partial charge in [0, 0.05) is 17.8 Å². The van der Waals surface area contributed by atoms with Crippen molar-refractivity contribution in [2.45, 2.75) is 25.9 Å². The molecule has 5 rings (SSSR count). The van der Waals surface area contributed by atoms with Gasteiger partial charge in [0.15, 0.2) is 0 Å². The number of carbonyl (C=O) groups is 2. The van der Waals surface area contributed by atoms with Gasteiger partial charge in [-0.2, -0.15) is 0 Å². The van der Waals surface area contributed by atoms with Gasteiger partial charge >= 0.3 is 0 Å². The van der Waals surface area contributed by atoms with Crippen molar-refractivity contribution in [3.8, 4) is 0 Å². The molecule has 3 aromatic rings. The monoisotopic (exact) mass is 416 g/mol. The summed E-state index contributed by atoms with van der Waals surface area (Å²) in [4.78, 5) is 25.7. The third-order valence-corrected chi connectivity index (χ3v) is 5.98. The minimum Gasteiger partial charge on any atom is -0.467 e. The van der Waals surface area contributed by atoms with Crippen LogP contribution in [0.5, 0.6) is 0 Å². The first-order valence-corrected chi connectivity index (χ1v) is 10.5. The molecule has 0 bridgehead atoms. The fourth-order valence-corrected chi connectivity index (χ4v) is 4.20. The summed E-state index contributed by atoms with van der Waals surface area (Å²) < 4.78 is 5.27. The summed E-state index contributed by atoms with van der Waals surface area (Å²) >= 11 is 0. The number of nitrogens with one attached hydrogen (secondary N) is 3. The number of nitrogens with zero attached hydrogens (tertiary/aromatic N) is 1. The molecular weight excluding hydrogens is 392 g/mol. The van der Waals surface area contributed by atoms with Gasteiger partial charge in [0.2, 0.25) is 5.91 Å². The molecule has 0 aliphatic carbocycles. The van der Waals surface area contributed by atoms with Gasteiger partial charge in [0.25, 0.3) is 5.91 Å². The second-order valence-electron chi connectivity index (χ2n) is 7.85. The molecule has 158 valence electrons. The molecule has 2 amide bonds. The van der Waals surface area contributed by atoms with Gasteiger partial charge in [0.1, 0.15) is 5.76 Å². The Kier molecular flexibility index (Phi) is 4.95. The SMILES string of the molecule is CCc1ccc(N2NC3c4cc(C(=O)NCc5ccco5)ccc4NCC3C2=O)cc1. The van der Waals surface area contributed by atoms with Crippen LogP contribution in [0.1, 0.15) is 40.2 Å². The van der Waals surface area contributed by atoms with E-state index in [1.165, 1.54) is 5.56 Å². The van der Waals surface area contributed by atoms with Crippen LogP contribution in [-0.2, 0) is 17.8 Å². The largest absolute Gasteiger partial charge is 0.467 e. The fourth-order valence-electron chi connectivity index (χ4n) is 4.20. The van der Waals surface area contributed by atoms with E-state index in [4.69, 9.17) is 4.42 Å². The van der Waals surface area contributed by atoms with Gasteiger partial charge in [-0.1, -0.05) is 19.1 Å². The second kappa shape index (κ2) is 7.92. The van der Waals surface area contributed by atoms with Gasteiger partial charge in [-0.15, -0.1) is 0 Å². The highest BCUT2D eigenvalue weighted by molar-refractivity contribution is 5.99. The summed E-state index contributed by atoms with van der Waals surface area (Å²) in [6.45, 7) is 2.98. The molecule has 2 aliphatic heterocycles. The number of hydrogen-bond acceptors (Lipinski definition) is 5. The van der Waals surface area contributed by atoms with E-state index in [0.717, 1.165) is 23.4 Å². The highest BCUT2D eigenvalue weighted by Gasteiger charge is 2.44. The predicted molar refractivity (Wildman–Crippen MR) is 117 cm³/mol. The molecule has 31 heavy (non-hydrogen) atoms. The lowest BCUT2D eigenvalue weighted by Gasteiger charge is -2.27. The zero-order valence-electron chi connectivity index (χ0n) is 17.2. The highest BCUT2D eigenvalue weighted by atomic mass is 16.3. The lowest BCUT2D eigenvalue weighted by Crippen LogP contribution is -2.35. The van der Waals surface area contributed by atoms with Crippen molar-refractivity contribution in [3.63, 3.8) is 0 Å². The molecule has 0 radical (unpaired) electrons. The Morgan fingerprint density at radius 1 is 1.19 bits per heavy atom. The minimum atomic E-state index is -0.236. The number of amides is 2. The molecule has 3 heterocycles. The minimum absolute atomic E-state index is 0.0278. The number of hydrogen-bond donors (Lipinski definition) is 3. The molecule has 1 saturated heterocycles. The number of benzene rings is 2. The molecule has 2 unspecified atom stereocenters. The molecule has 7 heteroatoms. The molecule has 3 N–H and O–H groups in total. The Labute approximate surface area is 180 Å². The average Bonchev–Trinajstić information content (AvgIpc) is 3.45. The first kappa shape index (κ1) is 19.4. The zero-order chi connectivity index (χ0) is 21.4. The van der Waals surface area contributed by atoms with Gasteiger partial charge in [-0.3, -0.25) is 9.59 Å². The lowest BCUT2D eigenvalue weighted by atomic mass is 9.88. The first-order chi connectivity index (χ1) is 15.1. The Morgan fingerprint density at radius 2 is 2.03 bits per heavy atom. The molecule has 2 atom stereocenters. The maximum absolute atomic E-state index is 13.1. The van der Waals surface area contributed by atoms with Crippen LogP contribution in [0, 0.1) is 5.92 Å². The van der Waals surface area contributed by atoms with E-state index in [0.29, 0.717) is 24.4 Å². The summed E-state index contributed by atoms with van der Waals surface area (Å²) in [5.74, 6) is 0.304. The number of carbonyl (C=O) groups excluding carboxylic acids is 2. The molecule has 1 aromatic heterocycles. The van der Waals surface area contributed by atoms with Crippen LogP contribution in [0.3, 0.4) is 0 Å². The zero-order valence-corrected chi connectivity index (χ0v) is 17.2. The normalized spacial score (nSPS) is 19.5. The van der Waals surface area contributed by atoms with Crippen LogP contribution in [-0.4, -0.2) is 18.4 Å². The first-order valence-electron chi connectivity index (χ1n) is 10.5. The maximum Gasteiger partial charge on any atom is 0.251 e. The van der Waals surface area contributed by atoms with Crippen LogP contribution in [0.25, 0.3) is 0 Å². The maximum atomic E-state index is 13.1. The molecule has 1 fully saturated rings. The molecule has 0 saturated carbocycles. The smallest absolute Gasteiger partial charge is 0.251 e. The van der Waals surface area contributed by atoms with Crippen LogP contribution in [0.15, 0.2) is 65.3 Å². The van der Waals surface area contributed by atoms with Gasteiger partial charge in [-0.05, 0) is 60.0 Å². The molecule has 0 spiro atoms. The molecular formula is C24H24N4O3. The van der Waals surface area contributed by atoms with E-state index in [1.54, 1.807) is 23.4 Å². The van der Waals surface area contributed by atoms with Crippen molar-refractivity contribution in [1.82, 2.24) is 10.7 Å². The van der Waals surface area contributed by atoms with E-state index < -0.39 is 0 Å². The van der Waals surface area contributed by atoms with E-state index >= 15 is 0 Å². The van der Waals surface area contributed by atoms with E-state index in [9.17, 15) is 9.59 Å². The Bertz CT molecular complexity index is 1110. The summed E-state index contributed by atoms with van der Waals surface area (Å²) in [6.07, 6.45) is 2.53. The standard InChI is InChI=1S/C24H24N4O3/c1-2-15-5-8-17(9-6-15)28-24(30)20-14-25-21-10-7-16(12-19(21)22(20)27-28)23(29)26-13-18-4-3-11-31-18/h3-12,20,22,25,27H,2,13-14H2,1H3,(H,26,29). The van der Waals surface area contributed by atoms with E-state index in [2.05, 4.69) is 23.0 Å². The Morgan fingerprint density at radius 3 is 2.77 bits per heavy atom. The van der Waals surface area contributed by atoms with Gasteiger partial charge in [-0.25, -0.2) is 10.4 Å². The van der Waals surface area contributed by atoms with Crippen LogP contribution in [0.4, 0.5) is 11.4 Å². The van der Waals surface area contributed by atoms with Crippen molar-refractivity contribution < 1.29 is 14.0 Å². The number of rotatable bonds is 5. The Balaban J connectivity index is 1.37. The van der Waals surface area contributed by atoms with Crippen molar-refractivity contribution in [2.75, 3.05) is 16.9 Å². The summed E-state index contributed by atoms with van der Waals surface area (Å²) in [5, 5.41) is 7.85. The van der Waals surface area contributed by atoms with Crippen LogP contribution < -0.4 is 21.1 Å². The molecule has 7 nitrogen and oxygen atoms in total. The molecule has 2 aromatic carbocycles. The summed E-state index contributed by atoms with van der Waals surface area (Å²) in [6, 6.07) is 17.0. The number of hydrazine groups is 1. The third kappa shape index (κ3) is 3.57. The number of fused-ring (bicyclic) bond motifs is 3. The third-order valence-electron chi connectivity index (χ3n) is 5.98. The number of aryl methyl sites for hydroxylation is 1. The van der Waals surface area contributed by atoms with Crippen LogP contribution in [0.2, 0.25) is 0 Å². The van der Waals surface area contributed by atoms with Crippen molar-refractivity contribution in [2.24, 2.45) is 5.92 Å². The van der Waals surface area contributed by atoms with Crippen molar-refractivity contribution in [3.05, 3.63) is 83.3 Å². The quantitative estimate of drug-likeness (QED) is 0.593. The van der Waals surface area contributed by atoms with Crippen LogP contribution >= 0.6 is 0 Å². The topological polar surface area (TPSA) is 86.6 Å². The predicted octanol–water partition coefficient (Wildman–Crippen LogP) is 3.41. The average molecular weight is 416 g/mol. The highest BCUT2D eigenvalue weighted by Crippen LogP contribution is 2.39. The molecule has 2 aliphatic rings. The summed E-state index contributed by atoms with van der Waals surface area (Å²) in [7, 11) is 0. The number of furan rings is 1. The lowest BCUT2D eigenvalue weighted by molar-refractivity contribution is -0.120. The Hall–Kier alpha value is -3.58. The van der Waals surface area contributed by atoms with Gasteiger partial charge in [0.05, 0.1) is 30.5 Å². The second-order valence-corrected chi connectivity index (χ2v) is 7.85. The fraction of sp³-hybridized carbons (Fsp3) is 0.250. The summed E-state index contributed by atoms with van der Waals surface area (Å²) in [5.41, 5.74) is 7.83. The van der Waals surface area contributed by atoms with Crippen molar-refractivity contribution in [1.29, 1.82) is 0 Å². The van der Waals surface area contributed by atoms with Crippen molar-refractivity contribution >= 4 is 23.2 Å².